The Morgan fingerprint density at radius 1 is 1.26 bits per heavy atom. The summed E-state index contributed by atoms with van der Waals surface area (Å²) in [7, 11) is 0. The van der Waals surface area contributed by atoms with E-state index in [-0.39, 0.29) is 31.0 Å². The average Bonchev–Trinajstić information content (AvgIpc) is 2.42. The van der Waals surface area contributed by atoms with E-state index < -0.39 is 0 Å². The van der Waals surface area contributed by atoms with Gasteiger partial charge < -0.3 is 10.1 Å². The molecule has 1 rings (SSSR count). The zero-order chi connectivity index (χ0) is 17.6. The number of esters is 1. The molecule has 0 spiro atoms. The van der Waals surface area contributed by atoms with Gasteiger partial charge in [0.1, 0.15) is 0 Å². The van der Waals surface area contributed by atoms with E-state index in [0.717, 1.165) is 11.1 Å². The third-order valence-electron chi connectivity index (χ3n) is 3.41. The van der Waals surface area contributed by atoms with Crippen LogP contribution in [0.3, 0.4) is 0 Å². The molecule has 0 heterocycles. The molecule has 0 aliphatic rings. The zero-order valence-electron chi connectivity index (χ0n) is 14.4. The highest BCUT2D eigenvalue weighted by Crippen LogP contribution is 2.27. The Balaban J connectivity index is 2.75. The number of anilines is 1. The first-order valence-corrected chi connectivity index (χ1v) is 8.08. The molecule has 128 valence electrons. The fraction of sp³-hybridized carbons (Fsp3) is 0.529. The molecule has 23 heavy (non-hydrogen) atoms. The lowest BCUT2D eigenvalue weighted by atomic mass is 10.1. The van der Waals surface area contributed by atoms with Gasteiger partial charge in [-0.05, 0) is 51.8 Å². The molecule has 1 N–H and O–H groups in total. The molecule has 0 radical (unpaired) electrons. The maximum atomic E-state index is 12.3. The number of hydrogen-bond acceptors (Lipinski definition) is 4. The first kappa shape index (κ1) is 19.5. The Morgan fingerprint density at radius 3 is 2.43 bits per heavy atom. The van der Waals surface area contributed by atoms with Crippen LogP contribution in [0, 0.1) is 13.8 Å². The van der Waals surface area contributed by atoms with E-state index in [1.54, 1.807) is 11.8 Å². The van der Waals surface area contributed by atoms with Crippen molar-refractivity contribution in [3.8, 4) is 0 Å². The van der Waals surface area contributed by atoms with Crippen LogP contribution in [-0.4, -0.2) is 42.5 Å². The molecule has 0 fully saturated rings. The van der Waals surface area contributed by atoms with E-state index in [1.165, 1.54) is 0 Å². The largest absolute Gasteiger partial charge is 0.465 e. The van der Waals surface area contributed by atoms with Gasteiger partial charge in [-0.15, -0.1) is 0 Å². The third kappa shape index (κ3) is 6.20. The van der Waals surface area contributed by atoms with E-state index in [2.05, 4.69) is 5.32 Å². The van der Waals surface area contributed by atoms with E-state index in [4.69, 9.17) is 16.3 Å². The van der Waals surface area contributed by atoms with Crippen LogP contribution in [0.5, 0.6) is 0 Å². The SMILES string of the molecule is CCOC(=O)CN(CC(=O)Nc1c(C)cc(C)cc1Cl)C(C)C. The lowest BCUT2D eigenvalue weighted by Gasteiger charge is -2.25. The van der Waals surface area contributed by atoms with Crippen molar-refractivity contribution in [3.63, 3.8) is 0 Å². The average molecular weight is 341 g/mol. The summed E-state index contributed by atoms with van der Waals surface area (Å²) in [5, 5.41) is 3.34. The van der Waals surface area contributed by atoms with Gasteiger partial charge in [-0.25, -0.2) is 0 Å². The number of halogens is 1. The van der Waals surface area contributed by atoms with Crippen molar-refractivity contribution in [1.29, 1.82) is 0 Å². The summed E-state index contributed by atoms with van der Waals surface area (Å²) in [6.45, 7) is 9.96. The van der Waals surface area contributed by atoms with E-state index >= 15 is 0 Å². The van der Waals surface area contributed by atoms with Gasteiger partial charge in [0, 0.05) is 6.04 Å². The maximum Gasteiger partial charge on any atom is 0.320 e. The van der Waals surface area contributed by atoms with E-state index in [9.17, 15) is 9.59 Å². The predicted octanol–water partition coefficient (Wildman–Crippen LogP) is 3.17. The lowest BCUT2D eigenvalue weighted by Crippen LogP contribution is -2.41. The minimum Gasteiger partial charge on any atom is -0.465 e. The standard InChI is InChI=1S/C17H25ClN2O3/c1-6-23-16(22)10-20(11(2)3)9-15(21)19-17-13(5)7-12(4)8-14(17)18/h7-8,11H,6,9-10H2,1-5H3,(H,19,21). The molecule has 0 saturated carbocycles. The summed E-state index contributed by atoms with van der Waals surface area (Å²) >= 11 is 6.20. The van der Waals surface area contributed by atoms with Gasteiger partial charge in [-0.1, -0.05) is 17.7 Å². The smallest absolute Gasteiger partial charge is 0.320 e. The van der Waals surface area contributed by atoms with Gasteiger partial charge >= 0.3 is 5.97 Å². The number of aryl methyl sites for hydroxylation is 2. The van der Waals surface area contributed by atoms with Crippen molar-refractivity contribution < 1.29 is 14.3 Å². The Labute approximate surface area is 142 Å². The number of carbonyl (C=O) groups is 2. The van der Waals surface area contributed by atoms with Crippen LogP contribution in [0.1, 0.15) is 31.9 Å². The van der Waals surface area contributed by atoms with Crippen LogP contribution >= 0.6 is 11.6 Å². The topological polar surface area (TPSA) is 58.6 Å². The molecule has 0 bridgehead atoms. The number of ether oxygens (including phenoxy) is 1. The van der Waals surface area contributed by atoms with Gasteiger partial charge in [0.2, 0.25) is 5.91 Å². The number of carbonyl (C=O) groups excluding carboxylic acids is 2. The summed E-state index contributed by atoms with van der Waals surface area (Å²) in [6.07, 6.45) is 0. The minimum atomic E-state index is -0.335. The fourth-order valence-corrected chi connectivity index (χ4v) is 2.60. The molecule has 1 aromatic carbocycles. The number of nitrogens with one attached hydrogen (secondary N) is 1. The summed E-state index contributed by atoms with van der Waals surface area (Å²) in [5.74, 6) is -0.546. The van der Waals surface area contributed by atoms with Crippen molar-refractivity contribution >= 4 is 29.2 Å². The second kappa shape index (κ2) is 8.89. The first-order chi connectivity index (χ1) is 10.7. The summed E-state index contributed by atoms with van der Waals surface area (Å²) < 4.78 is 4.94. The second-order valence-electron chi connectivity index (χ2n) is 5.79. The van der Waals surface area contributed by atoms with E-state index in [0.29, 0.717) is 17.3 Å². The van der Waals surface area contributed by atoms with Crippen LogP contribution in [-0.2, 0) is 14.3 Å². The molecule has 1 amide bonds. The highest BCUT2D eigenvalue weighted by atomic mass is 35.5. The number of nitrogens with zero attached hydrogens (tertiary/aromatic N) is 1. The Kier molecular flexibility index (Phi) is 7.52. The molecule has 0 unspecified atom stereocenters. The highest BCUT2D eigenvalue weighted by molar-refractivity contribution is 6.34. The molecule has 0 aliphatic carbocycles. The summed E-state index contributed by atoms with van der Waals surface area (Å²) in [4.78, 5) is 25.7. The summed E-state index contributed by atoms with van der Waals surface area (Å²) in [6, 6.07) is 3.81. The van der Waals surface area contributed by atoms with Crippen LogP contribution < -0.4 is 5.32 Å². The molecular formula is C17H25ClN2O3. The van der Waals surface area contributed by atoms with Gasteiger partial charge in [0.05, 0.1) is 30.4 Å². The fourth-order valence-electron chi connectivity index (χ4n) is 2.23. The quantitative estimate of drug-likeness (QED) is 0.774. The molecule has 5 nitrogen and oxygen atoms in total. The van der Waals surface area contributed by atoms with Crippen molar-refractivity contribution in [3.05, 3.63) is 28.3 Å². The third-order valence-corrected chi connectivity index (χ3v) is 3.71. The molecule has 6 heteroatoms. The first-order valence-electron chi connectivity index (χ1n) is 7.70. The van der Waals surface area contributed by atoms with Crippen molar-refractivity contribution in [2.45, 2.75) is 40.7 Å². The Hall–Kier alpha value is -1.59. The maximum absolute atomic E-state index is 12.3. The predicted molar refractivity (Wildman–Crippen MR) is 92.9 cm³/mol. The normalized spacial score (nSPS) is 11.0. The molecule has 0 atom stereocenters. The highest BCUT2D eigenvalue weighted by Gasteiger charge is 2.19. The van der Waals surface area contributed by atoms with Crippen molar-refractivity contribution in [2.75, 3.05) is 25.0 Å². The van der Waals surface area contributed by atoms with Gasteiger partial charge in [0.15, 0.2) is 0 Å². The van der Waals surface area contributed by atoms with Crippen LogP contribution in [0.25, 0.3) is 0 Å². The van der Waals surface area contributed by atoms with Crippen molar-refractivity contribution in [2.24, 2.45) is 0 Å². The number of amides is 1. The number of hydrogen-bond donors (Lipinski definition) is 1. The Morgan fingerprint density at radius 2 is 1.91 bits per heavy atom. The lowest BCUT2D eigenvalue weighted by molar-refractivity contribution is -0.145. The number of benzene rings is 1. The molecule has 0 aromatic heterocycles. The van der Waals surface area contributed by atoms with Crippen LogP contribution in [0.15, 0.2) is 12.1 Å². The number of rotatable bonds is 7. The monoisotopic (exact) mass is 340 g/mol. The second-order valence-corrected chi connectivity index (χ2v) is 6.20. The zero-order valence-corrected chi connectivity index (χ0v) is 15.2. The minimum absolute atomic E-state index is 0.0414. The van der Waals surface area contributed by atoms with Crippen molar-refractivity contribution in [1.82, 2.24) is 4.90 Å². The summed E-state index contributed by atoms with van der Waals surface area (Å²) in [5.41, 5.74) is 2.56. The van der Waals surface area contributed by atoms with Gasteiger partial charge in [0.25, 0.3) is 0 Å². The van der Waals surface area contributed by atoms with Gasteiger partial charge in [-0.3, -0.25) is 14.5 Å². The van der Waals surface area contributed by atoms with E-state index in [1.807, 2.05) is 39.8 Å². The molecule has 1 aromatic rings. The van der Waals surface area contributed by atoms with Crippen LogP contribution in [0.2, 0.25) is 5.02 Å². The van der Waals surface area contributed by atoms with Crippen LogP contribution in [0.4, 0.5) is 5.69 Å². The molecular weight excluding hydrogens is 316 g/mol. The Bertz CT molecular complexity index is 550. The molecule has 0 saturated heterocycles. The molecule has 0 aliphatic heterocycles. The van der Waals surface area contributed by atoms with Gasteiger partial charge in [-0.2, -0.15) is 0 Å².